The first-order valence-electron chi connectivity index (χ1n) is 7.84. The lowest BCUT2D eigenvalue weighted by molar-refractivity contribution is -0.137. The number of thiophene rings is 1. The van der Waals surface area contributed by atoms with Crippen molar-refractivity contribution in [3.05, 3.63) is 46.3 Å². The van der Waals surface area contributed by atoms with Crippen molar-refractivity contribution in [2.24, 2.45) is 0 Å². The zero-order chi connectivity index (χ0) is 19.8. The Bertz CT molecular complexity index is 960. The first-order valence-corrected chi connectivity index (χ1v) is 10.5. The topological polar surface area (TPSA) is 66.5 Å². The number of sulfonamides is 1. The number of benzene rings is 1. The lowest BCUT2D eigenvalue weighted by Crippen LogP contribution is -2.42. The van der Waals surface area contributed by atoms with Crippen LogP contribution >= 0.6 is 22.9 Å². The number of amides is 1. The minimum atomic E-state index is -4.54. The average Bonchev–Trinajstić information content (AvgIpc) is 3.23. The number of carbonyl (C=O) groups excluding carboxylic acids is 1. The third kappa shape index (κ3) is 4.29. The van der Waals surface area contributed by atoms with E-state index < -0.39 is 33.7 Å². The summed E-state index contributed by atoms with van der Waals surface area (Å²) in [6.45, 7) is 0.151. The Balaban J connectivity index is 1.80. The number of anilines is 1. The Hall–Kier alpha value is -1.62. The number of carbonyl (C=O) groups is 1. The molecule has 0 radical (unpaired) electrons. The van der Waals surface area contributed by atoms with Gasteiger partial charge in [-0.1, -0.05) is 17.7 Å². The van der Waals surface area contributed by atoms with E-state index in [1.165, 1.54) is 24.3 Å². The van der Waals surface area contributed by atoms with E-state index in [9.17, 15) is 26.4 Å². The fourth-order valence-electron chi connectivity index (χ4n) is 2.84. The zero-order valence-corrected chi connectivity index (χ0v) is 16.1. The second-order valence-corrected chi connectivity index (χ2v) is 9.73. The second kappa shape index (κ2) is 7.42. The molecule has 3 rings (SSSR count). The minimum absolute atomic E-state index is 0.0197. The van der Waals surface area contributed by atoms with Crippen LogP contribution in [-0.4, -0.2) is 31.2 Å². The molecule has 1 amide bonds. The highest BCUT2D eigenvalue weighted by Crippen LogP contribution is 2.33. The minimum Gasteiger partial charge on any atom is -0.325 e. The van der Waals surface area contributed by atoms with Crippen LogP contribution in [0.15, 0.2) is 40.6 Å². The van der Waals surface area contributed by atoms with E-state index in [2.05, 4.69) is 5.32 Å². The van der Waals surface area contributed by atoms with Gasteiger partial charge in [-0.15, -0.1) is 11.3 Å². The molecule has 2 aromatic rings. The van der Waals surface area contributed by atoms with Crippen molar-refractivity contribution >= 4 is 44.6 Å². The van der Waals surface area contributed by atoms with Crippen molar-refractivity contribution < 1.29 is 26.4 Å². The average molecular weight is 439 g/mol. The van der Waals surface area contributed by atoms with Crippen LogP contribution in [-0.2, 0) is 21.0 Å². The summed E-state index contributed by atoms with van der Waals surface area (Å²) in [6.07, 6.45) is -3.79. The van der Waals surface area contributed by atoms with Gasteiger partial charge in [0.25, 0.3) is 10.0 Å². The molecule has 1 saturated heterocycles. The molecule has 1 atom stereocenters. The Morgan fingerprint density at radius 1 is 1.26 bits per heavy atom. The third-order valence-electron chi connectivity index (χ3n) is 4.08. The summed E-state index contributed by atoms with van der Waals surface area (Å²) < 4.78 is 65.3. The predicted molar refractivity (Wildman–Crippen MR) is 96.3 cm³/mol. The highest BCUT2D eigenvalue weighted by atomic mass is 35.5. The number of nitrogens with one attached hydrogen (secondary N) is 1. The van der Waals surface area contributed by atoms with Crippen molar-refractivity contribution in [3.63, 3.8) is 0 Å². The SMILES string of the molecule is O=C(Nc1cccc(C(F)(F)F)c1)[C@@H]1CCCN1S(=O)(=O)c1ccc(Cl)s1. The summed E-state index contributed by atoms with van der Waals surface area (Å²) in [5.41, 5.74) is -0.942. The van der Waals surface area contributed by atoms with Crippen molar-refractivity contribution in [2.45, 2.75) is 29.3 Å². The molecule has 27 heavy (non-hydrogen) atoms. The van der Waals surface area contributed by atoms with Crippen LogP contribution in [0.5, 0.6) is 0 Å². The van der Waals surface area contributed by atoms with Gasteiger partial charge < -0.3 is 5.32 Å². The van der Waals surface area contributed by atoms with Crippen LogP contribution in [0.2, 0.25) is 4.34 Å². The van der Waals surface area contributed by atoms with Gasteiger partial charge in [-0.05, 0) is 43.2 Å². The Morgan fingerprint density at radius 3 is 2.63 bits per heavy atom. The second-order valence-electron chi connectivity index (χ2n) is 5.90. The van der Waals surface area contributed by atoms with E-state index in [0.29, 0.717) is 10.8 Å². The normalized spacial score (nSPS) is 18.6. The largest absolute Gasteiger partial charge is 0.416 e. The molecule has 1 aliphatic rings. The van der Waals surface area contributed by atoms with E-state index in [4.69, 9.17) is 11.6 Å². The number of hydrogen-bond donors (Lipinski definition) is 1. The van der Waals surface area contributed by atoms with Gasteiger partial charge in [0.15, 0.2) is 0 Å². The summed E-state index contributed by atoms with van der Waals surface area (Å²) >= 11 is 6.68. The first-order chi connectivity index (χ1) is 12.6. The Labute approximate surface area is 162 Å². The highest BCUT2D eigenvalue weighted by Gasteiger charge is 2.40. The molecule has 0 bridgehead atoms. The summed E-state index contributed by atoms with van der Waals surface area (Å²) in [4.78, 5) is 12.5. The van der Waals surface area contributed by atoms with Crippen LogP contribution in [0.4, 0.5) is 18.9 Å². The number of rotatable bonds is 4. The highest BCUT2D eigenvalue weighted by molar-refractivity contribution is 7.91. The summed E-state index contributed by atoms with van der Waals surface area (Å²) in [5.74, 6) is -0.668. The molecule has 2 heterocycles. The van der Waals surface area contributed by atoms with Crippen molar-refractivity contribution in [1.82, 2.24) is 4.31 Å². The molecule has 5 nitrogen and oxygen atoms in total. The van der Waals surface area contributed by atoms with E-state index in [1.54, 1.807) is 0 Å². The van der Waals surface area contributed by atoms with Crippen molar-refractivity contribution in [3.8, 4) is 0 Å². The molecule has 1 fully saturated rings. The molecular formula is C16H14ClF3N2O3S2. The van der Waals surface area contributed by atoms with Crippen molar-refractivity contribution in [2.75, 3.05) is 11.9 Å². The van der Waals surface area contributed by atoms with Gasteiger partial charge in [0, 0.05) is 12.2 Å². The van der Waals surface area contributed by atoms with Gasteiger partial charge in [-0.2, -0.15) is 17.5 Å². The molecule has 1 aliphatic heterocycles. The summed E-state index contributed by atoms with van der Waals surface area (Å²) in [7, 11) is -3.91. The van der Waals surface area contributed by atoms with Crippen LogP contribution in [0.25, 0.3) is 0 Å². The van der Waals surface area contributed by atoms with Gasteiger partial charge in [0.05, 0.1) is 9.90 Å². The fourth-order valence-corrected chi connectivity index (χ4v) is 6.11. The monoisotopic (exact) mass is 438 g/mol. The molecular weight excluding hydrogens is 425 g/mol. The molecule has 1 aromatic heterocycles. The van der Waals surface area contributed by atoms with E-state index >= 15 is 0 Å². The van der Waals surface area contributed by atoms with E-state index in [1.807, 2.05) is 0 Å². The first kappa shape index (κ1) is 20.1. The van der Waals surface area contributed by atoms with Crippen LogP contribution in [0.1, 0.15) is 18.4 Å². The zero-order valence-electron chi connectivity index (χ0n) is 13.7. The smallest absolute Gasteiger partial charge is 0.325 e. The lowest BCUT2D eigenvalue weighted by atomic mass is 10.1. The molecule has 0 saturated carbocycles. The van der Waals surface area contributed by atoms with Crippen molar-refractivity contribution in [1.29, 1.82) is 0 Å². The number of hydrogen-bond acceptors (Lipinski definition) is 4. The Kier molecular flexibility index (Phi) is 5.53. The number of halogens is 4. The molecule has 0 aliphatic carbocycles. The maximum absolute atomic E-state index is 12.8. The maximum atomic E-state index is 12.8. The molecule has 1 aromatic carbocycles. The molecule has 146 valence electrons. The van der Waals surface area contributed by atoms with Gasteiger partial charge in [-0.25, -0.2) is 8.42 Å². The van der Waals surface area contributed by atoms with Crippen LogP contribution < -0.4 is 5.32 Å². The van der Waals surface area contributed by atoms with Gasteiger partial charge in [0.1, 0.15) is 10.3 Å². The molecule has 0 unspecified atom stereocenters. The molecule has 0 spiro atoms. The van der Waals surface area contributed by atoms with Gasteiger partial charge >= 0.3 is 6.18 Å². The van der Waals surface area contributed by atoms with Gasteiger partial charge in [-0.3, -0.25) is 4.79 Å². The van der Waals surface area contributed by atoms with Gasteiger partial charge in [0.2, 0.25) is 5.91 Å². The summed E-state index contributed by atoms with van der Waals surface area (Å²) in [5, 5.41) is 2.39. The number of nitrogens with zero attached hydrogens (tertiary/aromatic N) is 1. The van der Waals surface area contributed by atoms with Crippen LogP contribution in [0, 0.1) is 0 Å². The van der Waals surface area contributed by atoms with E-state index in [-0.39, 0.29) is 22.9 Å². The third-order valence-corrected chi connectivity index (χ3v) is 7.68. The number of alkyl halides is 3. The predicted octanol–water partition coefficient (Wildman–Crippen LogP) is 4.21. The molecule has 11 heteroatoms. The molecule has 1 N–H and O–H groups in total. The fraction of sp³-hybridized carbons (Fsp3) is 0.312. The maximum Gasteiger partial charge on any atom is 0.416 e. The quantitative estimate of drug-likeness (QED) is 0.777. The Morgan fingerprint density at radius 2 is 2.00 bits per heavy atom. The van der Waals surface area contributed by atoms with Crippen LogP contribution in [0.3, 0.4) is 0 Å². The standard InChI is InChI=1S/C16H14ClF3N2O3S2/c17-13-6-7-14(26-13)27(24,25)22-8-2-5-12(22)15(23)21-11-4-1-3-10(9-11)16(18,19)20/h1,3-4,6-7,9,12H,2,5,8H2,(H,21,23)/t12-/m0/s1. The summed E-state index contributed by atoms with van der Waals surface area (Å²) in [6, 6.07) is 6.02. The lowest BCUT2D eigenvalue weighted by Gasteiger charge is -2.22. The van der Waals surface area contributed by atoms with E-state index in [0.717, 1.165) is 27.8 Å².